The highest BCUT2D eigenvalue weighted by molar-refractivity contribution is 5.97. The van der Waals surface area contributed by atoms with Gasteiger partial charge in [0.05, 0.1) is 5.56 Å². The van der Waals surface area contributed by atoms with Crippen molar-refractivity contribution >= 4 is 17.6 Å². The first-order chi connectivity index (χ1) is 10.1. The predicted octanol–water partition coefficient (Wildman–Crippen LogP) is 2.57. The van der Waals surface area contributed by atoms with Crippen molar-refractivity contribution in [3.8, 4) is 0 Å². The second kappa shape index (κ2) is 6.65. The molecule has 0 saturated carbocycles. The number of hydrogen-bond acceptors (Lipinski definition) is 4. The summed E-state index contributed by atoms with van der Waals surface area (Å²) >= 11 is 0. The van der Waals surface area contributed by atoms with Crippen molar-refractivity contribution in [2.75, 3.05) is 5.32 Å². The van der Waals surface area contributed by atoms with Crippen LogP contribution in [0.4, 0.5) is 5.69 Å². The summed E-state index contributed by atoms with van der Waals surface area (Å²) < 4.78 is 5.12. The summed E-state index contributed by atoms with van der Waals surface area (Å²) in [7, 11) is 0. The molecule has 1 N–H and O–H groups in total. The van der Waals surface area contributed by atoms with Crippen molar-refractivity contribution in [1.82, 2.24) is 4.98 Å². The molecule has 0 aliphatic carbocycles. The van der Waals surface area contributed by atoms with Crippen LogP contribution in [0.3, 0.4) is 0 Å². The Bertz CT molecular complexity index is 641. The van der Waals surface area contributed by atoms with E-state index in [9.17, 15) is 9.59 Å². The number of carbonyl (C=O) groups excluding carboxylic acids is 2. The highest BCUT2D eigenvalue weighted by Gasteiger charge is 2.19. The Morgan fingerprint density at radius 3 is 2.62 bits per heavy atom. The van der Waals surface area contributed by atoms with Crippen molar-refractivity contribution < 1.29 is 14.3 Å². The number of amides is 1. The number of nitrogens with one attached hydrogen (secondary N) is 1. The fourth-order valence-corrected chi connectivity index (χ4v) is 1.71. The van der Waals surface area contributed by atoms with Crippen LogP contribution in [-0.2, 0) is 9.53 Å². The number of ether oxygens (including phenoxy) is 1. The van der Waals surface area contributed by atoms with Crippen LogP contribution in [0.25, 0.3) is 0 Å². The monoisotopic (exact) mass is 284 g/mol. The molecule has 0 radical (unpaired) electrons. The van der Waals surface area contributed by atoms with E-state index < -0.39 is 12.1 Å². The summed E-state index contributed by atoms with van der Waals surface area (Å²) in [6, 6.07) is 10.6. The SMILES string of the molecule is Cc1ccccc1NC(=O)C(C)OC(=O)c1cccnc1. The van der Waals surface area contributed by atoms with Gasteiger partial charge < -0.3 is 10.1 Å². The lowest BCUT2D eigenvalue weighted by Crippen LogP contribution is -2.30. The minimum absolute atomic E-state index is 0.313. The van der Waals surface area contributed by atoms with Crippen molar-refractivity contribution in [2.45, 2.75) is 20.0 Å². The molecule has 1 heterocycles. The van der Waals surface area contributed by atoms with Crippen molar-refractivity contribution in [1.29, 1.82) is 0 Å². The van der Waals surface area contributed by atoms with E-state index in [1.54, 1.807) is 24.4 Å². The Hall–Kier alpha value is -2.69. The number of aromatic nitrogens is 1. The molecule has 5 heteroatoms. The first-order valence-electron chi connectivity index (χ1n) is 6.55. The highest BCUT2D eigenvalue weighted by atomic mass is 16.5. The molecule has 1 aromatic carbocycles. The average Bonchev–Trinajstić information content (AvgIpc) is 2.50. The molecule has 2 aromatic rings. The van der Waals surface area contributed by atoms with Crippen LogP contribution < -0.4 is 5.32 Å². The van der Waals surface area contributed by atoms with E-state index in [1.807, 2.05) is 25.1 Å². The predicted molar refractivity (Wildman–Crippen MR) is 78.9 cm³/mol. The molecular formula is C16H16N2O3. The maximum absolute atomic E-state index is 12.0. The van der Waals surface area contributed by atoms with Gasteiger partial charge in [0.2, 0.25) is 0 Å². The number of carbonyl (C=O) groups is 2. The standard InChI is InChI=1S/C16H16N2O3/c1-11-6-3-4-8-14(11)18-15(19)12(2)21-16(20)13-7-5-9-17-10-13/h3-10,12H,1-2H3,(H,18,19). The molecule has 0 aliphatic rings. The molecule has 108 valence electrons. The van der Waals surface area contributed by atoms with Crippen LogP contribution >= 0.6 is 0 Å². The first-order valence-corrected chi connectivity index (χ1v) is 6.55. The molecule has 0 aliphatic heterocycles. The van der Waals surface area contributed by atoms with Gasteiger partial charge in [-0.3, -0.25) is 9.78 Å². The Labute approximate surface area is 123 Å². The molecule has 1 unspecified atom stereocenters. The van der Waals surface area contributed by atoms with Gasteiger partial charge in [0, 0.05) is 18.1 Å². The molecule has 0 spiro atoms. The number of benzene rings is 1. The zero-order valence-corrected chi connectivity index (χ0v) is 11.9. The molecular weight excluding hydrogens is 268 g/mol. The van der Waals surface area contributed by atoms with E-state index >= 15 is 0 Å². The number of hydrogen-bond donors (Lipinski definition) is 1. The molecule has 1 amide bonds. The summed E-state index contributed by atoms with van der Waals surface area (Å²) in [5.74, 6) is -0.947. The van der Waals surface area contributed by atoms with Crippen LogP contribution in [-0.4, -0.2) is 23.0 Å². The van der Waals surface area contributed by atoms with Gasteiger partial charge in [0.15, 0.2) is 6.10 Å². The van der Waals surface area contributed by atoms with Gasteiger partial charge in [-0.15, -0.1) is 0 Å². The molecule has 2 rings (SSSR count). The lowest BCUT2D eigenvalue weighted by Gasteiger charge is -2.14. The summed E-state index contributed by atoms with van der Waals surface area (Å²) in [6.45, 7) is 3.42. The number of nitrogens with zero attached hydrogens (tertiary/aromatic N) is 1. The van der Waals surface area contributed by atoms with Gasteiger partial charge in [0.25, 0.3) is 5.91 Å². The normalized spacial score (nSPS) is 11.5. The van der Waals surface area contributed by atoms with Gasteiger partial charge in [0.1, 0.15) is 0 Å². The van der Waals surface area contributed by atoms with Crippen LogP contribution in [0.15, 0.2) is 48.8 Å². The number of pyridine rings is 1. The Kier molecular flexibility index (Phi) is 4.66. The number of rotatable bonds is 4. The average molecular weight is 284 g/mol. The molecule has 5 nitrogen and oxygen atoms in total. The molecule has 1 atom stereocenters. The lowest BCUT2D eigenvalue weighted by molar-refractivity contribution is -0.123. The van der Waals surface area contributed by atoms with E-state index in [-0.39, 0.29) is 5.91 Å². The molecule has 0 bridgehead atoms. The molecule has 21 heavy (non-hydrogen) atoms. The zero-order chi connectivity index (χ0) is 15.2. The van der Waals surface area contributed by atoms with Gasteiger partial charge >= 0.3 is 5.97 Å². The minimum atomic E-state index is -0.891. The van der Waals surface area contributed by atoms with Gasteiger partial charge in [-0.2, -0.15) is 0 Å². The number of esters is 1. The fourth-order valence-electron chi connectivity index (χ4n) is 1.71. The topological polar surface area (TPSA) is 68.3 Å². The van der Waals surface area contributed by atoms with Crippen LogP contribution in [0.5, 0.6) is 0 Å². The summed E-state index contributed by atoms with van der Waals surface area (Å²) in [6.07, 6.45) is 2.07. The van der Waals surface area contributed by atoms with Crippen molar-refractivity contribution in [3.05, 3.63) is 59.9 Å². The molecule has 1 aromatic heterocycles. The van der Waals surface area contributed by atoms with E-state index in [1.165, 1.54) is 13.1 Å². The summed E-state index contributed by atoms with van der Waals surface area (Å²) in [5, 5.41) is 2.74. The Morgan fingerprint density at radius 2 is 1.95 bits per heavy atom. The van der Waals surface area contributed by atoms with E-state index in [4.69, 9.17) is 4.74 Å². The lowest BCUT2D eigenvalue weighted by atomic mass is 10.2. The van der Waals surface area contributed by atoms with E-state index in [0.29, 0.717) is 11.3 Å². The molecule has 0 saturated heterocycles. The van der Waals surface area contributed by atoms with Gasteiger partial charge in [-0.25, -0.2) is 4.79 Å². The fraction of sp³-hybridized carbons (Fsp3) is 0.188. The number of para-hydroxylation sites is 1. The van der Waals surface area contributed by atoms with Gasteiger partial charge in [-0.1, -0.05) is 18.2 Å². The quantitative estimate of drug-likeness (QED) is 0.876. The third-order valence-electron chi connectivity index (χ3n) is 2.95. The Morgan fingerprint density at radius 1 is 1.19 bits per heavy atom. The molecule has 0 fully saturated rings. The van der Waals surface area contributed by atoms with Crippen LogP contribution in [0.2, 0.25) is 0 Å². The van der Waals surface area contributed by atoms with Crippen molar-refractivity contribution in [3.63, 3.8) is 0 Å². The third-order valence-corrected chi connectivity index (χ3v) is 2.95. The van der Waals surface area contributed by atoms with Crippen LogP contribution in [0.1, 0.15) is 22.8 Å². The van der Waals surface area contributed by atoms with E-state index in [0.717, 1.165) is 5.56 Å². The second-order valence-electron chi connectivity index (χ2n) is 4.59. The maximum Gasteiger partial charge on any atom is 0.340 e. The first kappa shape index (κ1) is 14.7. The smallest absolute Gasteiger partial charge is 0.340 e. The largest absolute Gasteiger partial charge is 0.449 e. The van der Waals surface area contributed by atoms with Crippen molar-refractivity contribution in [2.24, 2.45) is 0 Å². The number of anilines is 1. The van der Waals surface area contributed by atoms with Crippen LogP contribution in [0, 0.1) is 6.92 Å². The summed E-state index contributed by atoms with van der Waals surface area (Å²) in [4.78, 5) is 27.7. The zero-order valence-electron chi connectivity index (χ0n) is 11.9. The van der Waals surface area contributed by atoms with Gasteiger partial charge in [-0.05, 0) is 37.6 Å². The second-order valence-corrected chi connectivity index (χ2v) is 4.59. The van der Waals surface area contributed by atoms with E-state index in [2.05, 4.69) is 10.3 Å². The third kappa shape index (κ3) is 3.89. The summed E-state index contributed by atoms with van der Waals surface area (Å²) in [5.41, 5.74) is 1.96. The Balaban J connectivity index is 1.97. The minimum Gasteiger partial charge on any atom is -0.449 e. The number of aryl methyl sites for hydroxylation is 1. The maximum atomic E-state index is 12.0. The highest BCUT2D eigenvalue weighted by Crippen LogP contribution is 2.14.